The molecule has 1 N–H and O–H groups in total. The van der Waals surface area contributed by atoms with Gasteiger partial charge in [0, 0.05) is 43.6 Å². The van der Waals surface area contributed by atoms with Crippen LogP contribution in [0.2, 0.25) is 5.02 Å². The largest absolute Gasteiger partial charge is 0.357 e. The number of benzene rings is 3. The van der Waals surface area contributed by atoms with Crippen molar-refractivity contribution < 1.29 is 22.4 Å². The van der Waals surface area contributed by atoms with Crippen LogP contribution < -0.4 is 9.62 Å². The van der Waals surface area contributed by atoms with Crippen molar-refractivity contribution in [2.24, 2.45) is 0 Å². The zero-order chi connectivity index (χ0) is 28.6. The summed E-state index contributed by atoms with van der Waals surface area (Å²) < 4.78 is 41.1. The maximum Gasteiger partial charge on any atom is 0.242 e. The van der Waals surface area contributed by atoms with Crippen molar-refractivity contribution in [3.8, 4) is 0 Å². The average molecular weight is 574 g/mol. The maximum atomic E-state index is 14.6. The lowest BCUT2D eigenvalue weighted by molar-refractivity contribution is -0.141. The van der Waals surface area contributed by atoms with Gasteiger partial charge in [0.05, 0.1) is 11.9 Å². The van der Waals surface area contributed by atoms with Crippen molar-refractivity contribution in [1.82, 2.24) is 10.2 Å². The van der Waals surface area contributed by atoms with Crippen LogP contribution in [-0.2, 0) is 32.6 Å². The van der Waals surface area contributed by atoms with Crippen LogP contribution in [0, 0.1) is 12.7 Å². The van der Waals surface area contributed by atoms with Gasteiger partial charge in [-0.1, -0.05) is 66.2 Å². The number of halogens is 2. The molecular weight excluding hydrogens is 541 g/mol. The van der Waals surface area contributed by atoms with E-state index < -0.39 is 21.9 Å². The Morgan fingerprint density at radius 2 is 1.69 bits per heavy atom. The third kappa shape index (κ3) is 8.28. The van der Waals surface area contributed by atoms with E-state index in [0.717, 1.165) is 17.4 Å². The first kappa shape index (κ1) is 30.1. The Hall–Kier alpha value is -3.43. The summed E-state index contributed by atoms with van der Waals surface area (Å²) in [4.78, 5) is 28.0. The van der Waals surface area contributed by atoms with Crippen LogP contribution >= 0.6 is 11.6 Å². The van der Waals surface area contributed by atoms with E-state index >= 15 is 0 Å². The lowest BCUT2D eigenvalue weighted by Gasteiger charge is -2.32. The molecule has 0 aromatic heterocycles. The fourth-order valence-corrected chi connectivity index (χ4v) is 5.55. The van der Waals surface area contributed by atoms with Crippen molar-refractivity contribution >= 4 is 39.1 Å². The number of hydrogen-bond acceptors (Lipinski definition) is 4. The Morgan fingerprint density at radius 1 is 1.03 bits per heavy atom. The van der Waals surface area contributed by atoms with Gasteiger partial charge in [0.1, 0.15) is 11.9 Å². The minimum Gasteiger partial charge on any atom is -0.357 e. The fraction of sp³-hybridized carbons (Fsp3) is 0.310. The van der Waals surface area contributed by atoms with E-state index in [0.29, 0.717) is 10.7 Å². The van der Waals surface area contributed by atoms with Crippen LogP contribution in [0.15, 0.2) is 72.8 Å². The number of nitrogens with zero attached hydrogens (tertiary/aromatic N) is 2. The van der Waals surface area contributed by atoms with Crippen molar-refractivity contribution in [1.29, 1.82) is 0 Å². The van der Waals surface area contributed by atoms with Gasteiger partial charge in [-0.3, -0.25) is 13.9 Å². The Morgan fingerprint density at radius 3 is 2.33 bits per heavy atom. The molecule has 39 heavy (non-hydrogen) atoms. The first-order valence-electron chi connectivity index (χ1n) is 12.5. The molecule has 1 unspecified atom stereocenters. The molecule has 0 spiro atoms. The normalized spacial score (nSPS) is 12.0. The van der Waals surface area contributed by atoms with E-state index in [1.165, 1.54) is 22.3 Å². The lowest BCUT2D eigenvalue weighted by Crippen LogP contribution is -2.50. The number of likely N-dealkylation sites (N-methyl/N-ethyl adjacent to an activating group) is 1. The Bertz CT molecular complexity index is 1400. The second-order valence-electron chi connectivity index (χ2n) is 9.30. The van der Waals surface area contributed by atoms with Crippen molar-refractivity contribution in [3.05, 3.63) is 100 Å². The smallest absolute Gasteiger partial charge is 0.242 e. The molecule has 1 atom stereocenters. The van der Waals surface area contributed by atoms with Gasteiger partial charge in [-0.15, -0.1) is 0 Å². The summed E-state index contributed by atoms with van der Waals surface area (Å²) in [7, 11) is -2.18. The third-order valence-electron chi connectivity index (χ3n) is 6.41. The van der Waals surface area contributed by atoms with Gasteiger partial charge in [-0.2, -0.15) is 0 Å². The van der Waals surface area contributed by atoms with Gasteiger partial charge in [0.2, 0.25) is 21.8 Å². The molecule has 0 aliphatic heterocycles. The molecule has 0 aliphatic rings. The quantitative estimate of drug-likeness (QED) is 0.340. The molecule has 7 nitrogen and oxygen atoms in total. The molecule has 0 aliphatic carbocycles. The second kappa shape index (κ2) is 13.6. The van der Waals surface area contributed by atoms with Crippen LogP contribution in [0.4, 0.5) is 10.1 Å². The number of rotatable bonds is 12. The van der Waals surface area contributed by atoms with Gasteiger partial charge in [-0.25, -0.2) is 12.8 Å². The minimum absolute atomic E-state index is 0.0304. The molecule has 10 heteroatoms. The third-order valence-corrected chi connectivity index (χ3v) is 7.82. The number of aryl methyl sites for hydroxylation is 1. The lowest BCUT2D eigenvalue weighted by atomic mass is 10.0. The maximum absolute atomic E-state index is 14.6. The van der Waals surface area contributed by atoms with E-state index in [9.17, 15) is 22.4 Å². The molecule has 0 fully saturated rings. The molecule has 0 saturated heterocycles. The molecule has 3 aromatic carbocycles. The number of carbonyl (C=O) groups excluding carboxylic acids is 2. The topological polar surface area (TPSA) is 86.8 Å². The highest BCUT2D eigenvalue weighted by Gasteiger charge is 2.30. The van der Waals surface area contributed by atoms with E-state index in [2.05, 4.69) is 5.32 Å². The second-order valence-corrected chi connectivity index (χ2v) is 11.6. The molecule has 3 aromatic rings. The van der Waals surface area contributed by atoms with Gasteiger partial charge in [0.25, 0.3) is 0 Å². The van der Waals surface area contributed by atoms with Crippen molar-refractivity contribution in [3.63, 3.8) is 0 Å². The van der Waals surface area contributed by atoms with Crippen molar-refractivity contribution in [2.45, 2.75) is 38.8 Å². The Kier molecular flexibility index (Phi) is 10.5. The average Bonchev–Trinajstić information content (AvgIpc) is 2.90. The van der Waals surface area contributed by atoms with E-state index in [4.69, 9.17) is 11.6 Å². The summed E-state index contributed by atoms with van der Waals surface area (Å²) >= 11 is 6.12. The number of sulfonamides is 1. The molecule has 208 valence electrons. The minimum atomic E-state index is -3.67. The van der Waals surface area contributed by atoms with Crippen LogP contribution in [0.25, 0.3) is 0 Å². The molecular formula is C29H33ClFN3O4S. The summed E-state index contributed by atoms with van der Waals surface area (Å²) in [5.74, 6) is -1.25. The highest BCUT2D eigenvalue weighted by Crippen LogP contribution is 2.27. The Labute approximate surface area is 234 Å². The summed E-state index contributed by atoms with van der Waals surface area (Å²) in [6.07, 6.45) is 1.46. The molecule has 2 amide bonds. The van der Waals surface area contributed by atoms with E-state index in [1.807, 2.05) is 30.3 Å². The fourth-order valence-electron chi connectivity index (χ4n) is 4.36. The first-order valence-corrected chi connectivity index (χ1v) is 14.8. The van der Waals surface area contributed by atoms with Crippen LogP contribution in [0.3, 0.4) is 0 Å². The summed E-state index contributed by atoms with van der Waals surface area (Å²) in [6.45, 7) is 1.70. The van der Waals surface area contributed by atoms with Crippen LogP contribution in [0.5, 0.6) is 0 Å². The molecule has 0 saturated carbocycles. The summed E-state index contributed by atoms with van der Waals surface area (Å²) in [5.41, 5.74) is 2.28. The predicted molar refractivity (Wildman–Crippen MR) is 153 cm³/mol. The monoisotopic (exact) mass is 573 g/mol. The SMILES string of the molecule is CNC(=O)C(Cc1ccccc1)N(Cc1ccccc1F)C(=O)CCCN(c1cc(Cl)ccc1C)S(C)(=O)=O. The summed E-state index contributed by atoms with van der Waals surface area (Å²) in [5, 5.41) is 3.02. The van der Waals surface area contributed by atoms with Crippen LogP contribution in [-0.4, -0.2) is 51.0 Å². The van der Waals surface area contributed by atoms with Gasteiger partial charge in [0.15, 0.2) is 0 Å². The number of hydrogen-bond donors (Lipinski definition) is 1. The molecule has 0 heterocycles. The number of carbonyl (C=O) groups is 2. The predicted octanol–water partition coefficient (Wildman–Crippen LogP) is 4.72. The highest BCUT2D eigenvalue weighted by atomic mass is 35.5. The first-order chi connectivity index (χ1) is 18.5. The van der Waals surface area contributed by atoms with E-state index in [1.54, 1.807) is 43.3 Å². The number of anilines is 1. The number of amides is 2. The number of nitrogens with one attached hydrogen (secondary N) is 1. The Balaban J connectivity index is 1.87. The van der Waals surface area contributed by atoms with Gasteiger partial charge in [-0.05, 0) is 42.7 Å². The van der Waals surface area contributed by atoms with Gasteiger partial charge >= 0.3 is 0 Å². The molecule has 0 radical (unpaired) electrons. The van der Waals surface area contributed by atoms with Crippen LogP contribution in [0.1, 0.15) is 29.5 Å². The summed E-state index contributed by atoms with van der Waals surface area (Å²) in [6, 6.07) is 19.5. The van der Waals surface area contributed by atoms with Crippen molar-refractivity contribution in [2.75, 3.05) is 24.2 Å². The van der Waals surface area contributed by atoms with Gasteiger partial charge < -0.3 is 10.2 Å². The standard InChI is InChI=1S/C29H33ClFN3O4S/c1-21-15-16-24(30)19-26(21)34(39(3,37)38)17-9-14-28(35)33(20-23-12-7-8-13-25(23)31)27(29(36)32-2)18-22-10-5-4-6-11-22/h4-8,10-13,15-16,19,27H,9,14,17-18,20H2,1-3H3,(H,32,36). The molecule has 3 rings (SSSR count). The highest BCUT2D eigenvalue weighted by molar-refractivity contribution is 7.92. The molecule has 0 bridgehead atoms. The van der Waals surface area contributed by atoms with E-state index in [-0.39, 0.29) is 49.7 Å². The zero-order valence-electron chi connectivity index (χ0n) is 22.2. The zero-order valence-corrected chi connectivity index (χ0v) is 23.8.